The molecule has 1 aliphatic rings. The summed E-state index contributed by atoms with van der Waals surface area (Å²) < 4.78 is 24.1. The molecule has 84 valence electrons. The van der Waals surface area contributed by atoms with Crippen molar-refractivity contribution in [1.82, 2.24) is 9.80 Å². The molecule has 0 aromatic carbocycles. The predicted octanol–water partition coefficient (Wildman–Crippen LogP) is 1.53. The first kappa shape index (κ1) is 11.9. The molecule has 2 nitrogen and oxygen atoms in total. The molecule has 1 aliphatic heterocycles. The normalized spacial score (nSPS) is 21.0. The maximum atomic E-state index is 12.1. The van der Waals surface area contributed by atoms with Crippen LogP contribution in [0.5, 0.6) is 0 Å². The van der Waals surface area contributed by atoms with E-state index in [9.17, 15) is 8.78 Å². The van der Waals surface area contributed by atoms with Crippen molar-refractivity contribution in [2.75, 3.05) is 39.3 Å². The highest BCUT2D eigenvalue weighted by molar-refractivity contribution is 4.72. The van der Waals surface area contributed by atoms with Crippen LogP contribution in [0, 0.1) is 5.92 Å². The Bertz CT molecular complexity index is 136. The lowest BCUT2D eigenvalue weighted by atomic mass is 10.2. The summed E-state index contributed by atoms with van der Waals surface area (Å²) in [7, 11) is 0. The molecule has 0 atom stereocenters. The molecule has 0 aliphatic carbocycles. The van der Waals surface area contributed by atoms with Crippen LogP contribution in [0.1, 0.15) is 13.8 Å². The molecule has 14 heavy (non-hydrogen) atoms. The molecule has 4 heteroatoms. The Morgan fingerprint density at radius 3 is 1.71 bits per heavy atom. The molecule has 1 rings (SSSR count). The number of alkyl halides is 2. The summed E-state index contributed by atoms with van der Waals surface area (Å²) in [5.41, 5.74) is 0. The highest BCUT2D eigenvalue weighted by Crippen LogP contribution is 2.06. The van der Waals surface area contributed by atoms with Gasteiger partial charge in [0.15, 0.2) is 0 Å². The molecule has 0 amide bonds. The molecule has 1 fully saturated rings. The summed E-state index contributed by atoms with van der Waals surface area (Å²) in [6.45, 7) is 8.85. The van der Waals surface area contributed by atoms with Gasteiger partial charge in [0, 0.05) is 32.7 Å². The third kappa shape index (κ3) is 4.33. The zero-order valence-corrected chi connectivity index (χ0v) is 9.05. The first-order valence-corrected chi connectivity index (χ1v) is 5.30. The quantitative estimate of drug-likeness (QED) is 0.688. The fourth-order valence-electron chi connectivity index (χ4n) is 1.87. The molecule has 1 heterocycles. The molecule has 0 aromatic heterocycles. The average Bonchev–Trinajstić information content (AvgIpc) is 2.06. The molecule has 0 spiro atoms. The van der Waals surface area contributed by atoms with Gasteiger partial charge in [-0.3, -0.25) is 4.90 Å². The van der Waals surface area contributed by atoms with Crippen molar-refractivity contribution in [2.24, 2.45) is 5.92 Å². The summed E-state index contributed by atoms with van der Waals surface area (Å²) in [4.78, 5) is 4.20. The van der Waals surface area contributed by atoms with Crippen LogP contribution in [0.4, 0.5) is 8.78 Å². The lowest BCUT2D eigenvalue weighted by Gasteiger charge is -2.35. The maximum absolute atomic E-state index is 12.1. The summed E-state index contributed by atoms with van der Waals surface area (Å²) in [6.07, 6.45) is -2.19. The zero-order chi connectivity index (χ0) is 10.6. The Hall–Kier alpha value is -0.220. The Kier molecular flexibility index (Phi) is 4.75. The lowest BCUT2D eigenvalue weighted by molar-refractivity contribution is 0.0534. The average molecular weight is 206 g/mol. The Morgan fingerprint density at radius 1 is 0.929 bits per heavy atom. The van der Waals surface area contributed by atoms with Gasteiger partial charge in [0.25, 0.3) is 6.43 Å². The van der Waals surface area contributed by atoms with E-state index in [-0.39, 0.29) is 6.54 Å². The Balaban J connectivity index is 2.17. The molecule has 0 radical (unpaired) electrons. The minimum Gasteiger partial charge on any atom is -0.301 e. The van der Waals surface area contributed by atoms with Gasteiger partial charge in [0.1, 0.15) is 0 Å². The second-order valence-corrected chi connectivity index (χ2v) is 4.39. The van der Waals surface area contributed by atoms with Gasteiger partial charge in [0.05, 0.1) is 6.54 Å². The van der Waals surface area contributed by atoms with Gasteiger partial charge in [-0.05, 0) is 5.92 Å². The molecule has 1 saturated heterocycles. The van der Waals surface area contributed by atoms with E-state index in [2.05, 4.69) is 18.7 Å². The maximum Gasteiger partial charge on any atom is 0.251 e. The molecular weight excluding hydrogens is 186 g/mol. The third-order valence-electron chi connectivity index (χ3n) is 2.48. The van der Waals surface area contributed by atoms with E-state index >= 15 is 0 Å². The first-order valence-electron chi connectivity index (χ1n) is 5.30. The minimum absolute atomic E-state index is 0.0600. The molecule has 0 N–H and O–H groups in total. The summed E-state index contributed by atoms with van der Waals surface area (Å²) in [5, 5.41) is 0. The monoisotopic (exact) mass is 206 g/mol. The second-order valence-electron chi connectivity index (χ2n) is 4.39. The highest BCUT2D eigenvalue weighted by atomic mass is 19.3. The SMILES string of the molecule is CC(C)CN1CCN(CC(F)F)CC1. The summed E-state index contributed by atoms with van der Waals surface area (Å²) in [6, 6.07) is 0. The molecule has 0 bridgehead atoms. The van der Waals surface area contributed by atoms with Crippen LogP contribution < -0.4 is 0 Å². The first-order chi connectivity index (χ1) is 6.58. The van der Waals surface area contributed by atoms with E-state index in [1.54, 1.807) is 0 Å². The molecule has 0 aromatic rings. The largest absolute Gasteiger partial charge is 0.301 e. The highest BCUT2D eigenvalue weighted by Gasteiger charge is 2.19. The minimum atomic E-state index is -2.19. The Morgan fingerprint density at radius 2 is 1.36 bits per heavy atom. The lowest BCUT2D eigenvalue weighted by Crippen LogP contribution is -2.48. The van der Waals surface area contributed by atoms with Gasteiger partial charge in [0.2, 0.25) is 0 Å². The fourth-order valence-corrected chi connectivity index (χ4v) is 1.87. The van der Waals surface area contributed by atoms with Crippen LogP contribution in [0.2, 0.25) is 0 Å². The van der Waals surface area contributed by atoms with E-state index in [4.69, 9.17) is 0 Å². The van der Waals surface area contributed by atoms with Gasteiger partial charge >= 0.3 is 0 Å². The predicted molar refractivity (Wildman–Crippen MR) is 53.7 cm³/mol. The number of halogens is 2. The number of hydrogen-bond acceptors (Lipinski definition) is 2. The topological polar surface area (TPSA) is 6.48 Å². The van der Waals surface area contributed by atoms with Gasteiger partial charge in [-0.25, -0.2) is 8.78 Å². The van der Waals surface area contributed by atoms with E-state index in [0.717, 1.165) is 32.7 Å². The van der Waals surface area contributed by atoms with Crippen LogP contribution in [0.15, 0.2) is 0 Å². The van der Waals surface area contributed by atoms with Gasteiger partial charge < -0.3 is 4.90 Å². The molecule has 0 unspecified atom stereocenters. The van der Waals surface area contributed by atoms with Crippen LogP contribution in [-0.4, -0.2) is 55.5 Å². The van der Waals surface area contributed by atoms with Crippen molar-refractivity contribution in [2.45, 2.75) is 20.3 Å². The van der Waals surface area contributed by atoms with Gasteiger partial charge in [-0.2, -0.15) is 0 Å². The van der Waals surface area contributed by atoms with Crippen molar-refractivity contribution in [3.63, 3.8) is 0 Å². The van der Waals surface area contributed by atoms with Crippen molar-refractivity contribution < 1.29 is 8.78 Å². The van der Waals surface area contributed by atoms with Crippen LogP contribution in [-0.2, 0) is 0 Å². The standard InChI is InChI=1S/C10H20F2N2/c1-9(2)7-13-3-5-14(6-4-13)8-10(11)12/h9-10H,3-8H2,1-2H3. The number of nitrogens with zero attached hydrogens (tertiary/aromatic N) is 2. The number of hydrogen-bond donors (Lipinski definition) is 0. The molecular formula is C10H20F2N2. The van der Waals surface area contributed by atoms with Gasteiger partial charge in [-0.1, -0.05) is 13.8 Å². The van der Waals surface area contributed by atoms with E-state index in [1.165, 1.54) is 0 Å². The third-order valence-corrected chi connectivity index (χ3v) is 2.48. The van der Waals surface area contributed by atoms with Crippen molar-refractivity contribution in [3.05, 3.63) is 0 Å². The number of piperazine rings is 1. The van der Waals surface area contributed by atoms with Crippen molar-refractivity contribution in [3.8, 4) is 0 Å². The number of rotatable bonds is 4. The summed E-state index contributed by atoms with van der Waals surface area (Å²) in [5.74, 6) is 0.664. The van der Waals surface area contributed by atoms with E-state index in [0.29, 0.717) is 5.92 Å². The van der Waals surface area contributed by atoms with E-state index in [1.807, 2.05) is 4.90 Å². The van der Waals surface area contributed by atoms with Crippen molar-refractivity contribution in [1.29, 1.82) is 0 Å². The zero-order valence-electron chi connectivity index (χ0n) is 9.05. The van der Waals surface area contributed by atoms with Crippen molar-refractivity contribution >= 4 is 0 Å². The van der Waals surface area contributed by atoms with E-state index < -0.39 is 6.43 Å². The van der Waals surface area contributed by atoms with Gasteiger partial charge in [-0.15, -0.1) is 0 Å². The fraction of sp³-hybridized carbons (Fsp3) is 1.00. The van der Waals surface area contributed by atoms with Crippen LogP contribution in [0.25, 0.3) is 0 Å². The second kappa shape index (κ2) is 5.61. The summed E-state index contributed by atoms with van der Waals surface area (Å²) >= 11 is 0. The Labute approximate surface area is 84.9 Å². The van der Waals surface area contributed by atoms with Crippen LogP contribution in [0.3, 0.4) is 0 Å². The van der Waals surface area contributed by atoms with Crippen LogP contribution >= 0.6 is 0 Å². The smallest absolute Gasteiger partial charge is 0.251 e. The molecule has 0 saturated carbocycles.